The fourth-order valence-electron chi connectivity index (χ4n) is 3.62. The van der Waals surface area contributed by atoms with E-state index in [2.05, 4.69) is 53.2 Å². The number of methoxy groups -OCH3 is 1. The largest absolute Gasteiger partial charge is 0.495 e. The van der Waals surface area contributed by atoms with E-state index in [1.54, 1.807) is 13.2 Å². The quantitative estimate of drug-likeness (QED) is 0.446. The number of anilines is 2. The molecular formula is C23H22ClN3O. The van der Waals surface area contributed by atoms with Crippen LogP contribution in [0.1, 0.15) is 11.1 Å². The summed E-state index contributed by atoms with van der Waals surface area (Å²) in [6, 6.07) is 18.4. The van der Waals surface area contributed by atoms with Crippen LogP contribution in [0, 0.1) is 13.8 Å². The van der Waals surface area contributed by atoms with Gasteiger partial charge in [0, 0.05) is 23.7 Å². The monoisotopic (exact) mass is 391 g/mol. The Hall–Kier alpha value is -2.98. The molecular weight excluding hydrogens is 370 g/mol. The third-order valence-electron chi connectivity index (χ3n) is 5.05. The highest BCUT2D eigenvalue weighted by atomic mass is 35.5. The Bertz CT molecular complexity index is 1180. The summed E-state index contributed by atoms with van der Waals surface area (Å²) in [5.74, 6) is 1.44. The summed E-state index contributed by atoms with van der Waals surface area (Å²) in [6.07, 6.45) is 0. The van der Waals surface area contributed by atoms with Gasteiger partial charge in [-0.1, -0.05) is 48.0 Å². The second kappa shape index (κ2) is 7.21. The second-order valence-electron chi connectivity index (χ2n) is 6.91. The minimum absolute atomic E-state index is 0.645. The molecule has 0 amide bonds. The number of hydrogen-bond acceptors (Lipinski definition) is 3. The third kappa shape index (κ3) is 3.10. The maximum Gasteiger partial charge on any atom is 0.208 e. The van der Waals surface area contributed by atoms with E-state index in [4.69, 9.17) is 21.3 Å². The van der Waals surface area contributed by atoms with Gasteiger partial charge < -0.3 is 14.6 Å². The van der Waals surface area contributed by atoms with E-state index in [0.29, 0.717) is 10.8 Å². The van der Waals surface area contributed by atoms with E-state index in [1.807, 2.05) is 26.1 Å². The average molecular weight is 392 g/mol. The fourth-order valence-corrected chi connectivity index (χ4v) is 3.88. The molecule has 1 aromatic heterocycles. The van der Waals surface area contributed by atoms with E-state index >= 15 is 0 Å². The first-order chi connectivity index (χ1) is 13.5. The molecule has 0 unspecified atom stereocenters. The van der Waals surface area contributed by atoms with Crippen molar-refractivity contribution >= 4 is 34.3 Å². The van der Waals surface area contributed by atoms with E-state index < -0.39 is 0 Å². The van der Waals surface area contributed by atoms with E-state index in [0.717, 1.165) is 28.2 Å². The van der Waals surface area contributed by atoms with Crippen molar-refractivity contribution in [2.24, 2.45) is 7.05 Å². The number of ether oxygens (including phenoxy) is 1. The Balaban J connectivity index is 1.87. The maximum atomic E-state index is 6.17. The Morgan fingerprint density at radius 2 is 1.71 bits per heavy atom. The predicted molar refractivity (Wildman–Crippen MR) is 117 cm³/mol. The first-order valence-electron chi connectivity index (χ1n) is 9.12. The highest BCUT2D eigenvalue weighted by molar-refractivity contribution is 6.31. The minimum atomic E-state index is 0.645. The van der Waals surface area contributed by atoms with Crippen LogP contribution in [-0.4, -0.2) is 16.7 Å². The summed E-state index contributed by atoms with van der Waals surface area (Å²) < 4.78 is 7.61. The lowest BCUT2D eigenvalue weighted by Crippen LogP contribution is -2.03. The number of halogens is 1. The van der Waals surface area contributed by atoms with Crippen molar-refractivity contribution in [3.05, 3.63) is 70.7 Å². The lowest BCUT2D eigenvalue weighted by atomic mass is 9.99. The van der Waals surface area contributed by atoms with Crippen molar-refractivity contribution in [1.29, 1.82) is 0 Å². The summed E-state index contributed by atoms with van der Waals surface area (Å²) in [5.41, 5.74) is 7.50. The Labute approximate surface area is 169 Å². The van der Waals surface area contributed by atoms with Gasteiger partial charge in [0.05, 0.1) is 23.8 Å². The molecule has 3 aromatic carbocycles. The van der Waals surface area contributed by atoms with Gasteiger partial charge in [-0.15, -0.1) is 0 Å². The molecule has 0 bridgehead atoms. The molecule has 5 heteroatoms. The van der Waals surface area contributed by atoms with Gasteiger partial charge in [0.2, 0.25) is 5.95 Å². The molecule has 0 aliphatic heterocycles. The van der Waals surface area contributed by atoms with Gasteiger partial charge in [0.15, 0.2) is 0 Å². The molecule has 0 aliphatic carbocycles. The van der Waals surface area contributed by atoms with Gasteiger partial charge in [0.25, 0.3) is 0 Å². The van der Waals surface area contributed by atoms with Crippen molar-refractivity contribution in [2.75, 3.05) is 12.4 Å². The van der Waals surface area contributed by atoms with Gasteiger partial charge in [-0.2, -0.15) is 0 Å². The number of para-hydroxylation sites is 1. The van der Waals surface area contributed by atoms with Crippen LogP contribution >= 0.6 is 11.6 Å². The van der Waals surface area contributed by atoms with Crippen LogP contribution in [0.4, 0.5) is 11.6 Å². The van der Waals surface area contributed by atoms with Gasteiger partial charge in [0.1, 0.15) is 5.75 Å². The Morgan fingerprint density at radius 3 is 2.46 bits per heavy atom. The smallest absolute Gasteiger partial charge is 0.208 e. The molecule has 4 aromatic rings. The molecule has 0 saturated heterocycles. The number of aryl methyl sites for hydroxylation is 3. The number of aromatic nitrogens is 2. The Morgan fingerprint density at radius 1 is 0.964 bits per heavy atom. The molecule has 0 fully saturated rings. The van der Waals surface area contributed by atoms with Crippen molar-refractivity contribution < 1.29 is 4.74 Å². The summed E-state index contributed by atoms with van der Waals surface area (Å²) in [6.45, 7) is 4.13. The van der Waals surface area contributed by atoms with Crippen LogP contribution in [0.15, 0.2) is 54.6 Å². The number of nitrogens with one attached hydrogen (secondary N) is 1. The number of rotatable bonds is 4. The number of fused-ring (bicyclic) bond motifs is 1. The normalized spacial score (nSPS) is 11.0. The number of imidazole rings is 1. The number of benzene rings is 3. The average Bonchev–Trinajstić information content (AvgIpc) is 3.00. The maximum absolute atomic E-state index is 6.17. The zero-order valence-electron chi connectivity index (χ0n) is 16.4. The highest BCUT2D eigenvalue weighted by Gasteiger charge is 2.16. The van der Waals surface area contributed by atoms with Crippen LogP contribution in [0.25, 0.3) is 22.2 Å². The molecule has 0 spiro atoms. The first-order valence-corrected chi connectivity index (χ1v) is 9.50. The summed E-state index contributed by atoms with van der Waals surface area (Å²) in [5, 5.41) is 4.08. The lowest BCUT2D eigenvalue weighted by Gasteiger charge is -2.14. The summed E-state index contributed by atoms with van der Waals surface area (Å²) in [4.78, 5) is 4.83. The van der Waals surface area contributed by atoms with Gasteiger partial charge in [-0.25, -0.2) is 4.98 Å². The number of nitrogens with zero attached hydrogens (tertiary/aromatic N) is 2. The minimum Gasteiger partial charge on any atom is -0.495 e. The van der Waals surface area contributed by atoms with Crippen LogP contribution in [0.3, 0.4) is 0 Å². The zero-order chi connectivity index (χ0) is 19.8. The van der Waals surface area contributed by atoms with E-state index in [9.17, 15) is 0 Å². The van der Waals surface area contributed by atoms with Gasteiger partial charge >= 0.3 is 0 Å². The van der Waals surface area contributed by atoms with Crippen LogP contribution in [-0.2, 0) is 7.05 Å². The lowest BCUT2D eigenvalue weighted by molar-refractivity contribution is 0.416. The topological polar surface area (TPSA) is 39.1 Å². The first kappa shape index (κ1) is 18.4. The molecule has 0 radical (unpaired) electrons. The van der Waals surface area contributed by atoms with E-state index in [-0.39, 0.29) is 0 Å². The predicted octanol–water partition coefficient (Wildman–Crippen LogP) is 6.26. The van der Waals surface area contributed by atoms with Gasteiger partial charge in [-0.05, 0) is 42.7 Å². The molecule has 4 rings (SSSR count). The molecule has 4 nitrogen and oxygen atoms in total. The van der Waals surface area contributed by atoms with Crippen molar-refractivity contribution in [2.45, 2.75) is 13.8 Å². The SMILES string of the molecule is COc1cc(Cl)cc(C)c1Nc1nc2cccc(-c3ccccc3C)c2n1C. The summed E-state index contributed by atoms with van der Waals surface area (Å²) in [7, 11) is 3.67. The molecule has 1 N–H and O–H groups in total. The highest BCUT2D eigenvalue weighted by Crippen LogP contribution is 2.36. The van der Waals surface area contributed by atoms with Crippen LogP contribution in [0.5, 0.6) is 5.75 Å². The second-order valence-corrected chi connectivity index (χ2v) is 7.34. The standard InChI is InChI=1S/C23H22ClN3O/c1-14-8-5-6-9-17(14)18-10-7-11-19-22(18)27(3)23(25-19)26-21-15(2)12-16(24)13-20(21)28-4/h5-13H,1-4H3,(H,25,26). The van der Waals surface area contributed by atoms with Gasteiger partial charge in [-0.3, -0.25) is 0 Å². The molecule has 0 atom stereocenters. The fraction of sp³-hybridized carbons (Fsp3) is 0.174. The van der Waals surface area contributed by atoms with Crippen LogP contribution in [0.2, 0.25) is 5.02 Å². The van der Waals surface area contributed by atoms with Crippen LogP contribution < -0.4 is 10.1 Å². The molecule has 0 aliphatic rings. The Kier molecular flexibility index (Phi) is 4.73. The van der Waals surface area contributed by atoms with Crippen molar-refractivity contribution in [1.82, 2.24) is 9.55 Å². The molecule has 1 heterocycles. The third-order valence-corrected chi connectivity index (χ3v) is 5.27. The molecule has 28 heavy (non-hydrogen) atoms. The van der Waals surface area contributed by atoms with Crippen molar-refractivity contribution in [3.63, 3.8) is 0 Å². The number of hydrogen-bond donors (Lipinski definition) is 1. The summed E-state index contributed by atoms with van der Waals surface area (Å²) >= 11 is 6.17. The zero-order valence-corrected chi connectivity index (χ0v) is 17.1. The van der Waals surface area contributed by atoms with E-state index in [1.165, 1.54) is 16.7 Å². The van der Waals surface area contributed by atoms with Crippen molar-refractivity contribution in [3.8, 4) is 16.9 Å². The molecule has 0 saturated carbocycles. The molecule has 142 valence electrons.